The number of fused-ring (bicyclic) bond motifs is 2. The van der Waals surface area contributed by atoms with Crippen molar-refractivity contribution in [3.05, 3.63) is 23.4 Å². The molecule has 0 bridgehead atoms. The second-order valence-electron chi connectivity index (χ2n) is 7.33. The van der Waals surface area contributed by atoms with Gasteiger partial charge in [-0.05, 0) is 42.9 Å². The molecule has 1 atom stereocenters. The van der Waals surface area contributed by atoms with Gasteiger partial charge in [-0.3, -0.25) is 4.79 Å². The fourth-order valence-corrected chi connectivity index (χ4v) is 4.65. The molecule has 2 aliphatic rings. The van der Waals surface area contributed by atoms with E-state index >= 15 is 0 Å². The fourth-order valence-electron chi connectivity index (χ4n) is 3.53. The number of nitrogens with zero attached hydrogens (tertiary/aromatic N) is 3. The van der Waals surface area contributed by atoms with Crippen LogP contribution in [0.1, 0.15) is 44.4 Å². The van der Waals surface area contributed by atoms with Gasteiger partial charge in [0.05, 0.1) is 5.71 Å². The van der Waals surface area contributed by atoms with Gasteiger partial charge in [-0.25, -0.2) is 9.98 Å². The number of hydrogen-bond acceptors (Lipinski definition) is 7. The first-order chi connectivity index (χ1) is 14.5. The smallest absolute Gasteiger partial charge is 0.231 e. The molecule has 0 fully saturated rings. The summed E-state index contributed by atoms with van der Waals surface area (Å²) in [7, 11) is 0. The van der Waals surface area contributed by atoms with E-state index in [0.717, 1.165) is 29.1 Å². The highest BCUT2D eigenvalue weighted by molar-refractivity contribution is 7.99. The molecular weight excluding hydrogens is 402 g/mol. The number of rotatable bonds is 7. The Bertz CT molecular complexity index is 1030. The lowest BCUT2D eigenvalue weighted by Crippen LogP contribution is -2.14. The maximum absolute atomic E-state index is 11.5. The molecule has 4 rings (SSSR count). The van der Waals surface area contributed by atoms with Crippen molar-refractivity contribution in [3.8, 4) is 11.5 Å². The lowest BCUT2D eigenvalue weighted by atomic mass is 10.0. The summed E-state index contributed by atoms with van der Waals surface area (Å²) in [5.74, 6) is 1.92. The summed E-state index contributed by atoms with van der Waals surface area (Å²) in [6.45, 7) is 4.76. The molecule has 0 aliphatic carbocycles. The number of nitrogens with one attached hydrogen (secondary N) is 1. The van der Waals surface area contributed by atoms with Crippen LogP contribution in [0.15, 0.2) is 27.2 Å². The van der Waals surface area contributed by atoms with E-state index in [2.05, 4.69) is 18.8 Å². The molecule has 0 radical (unpaired) electrons. The number of primary amides is 1. The van der Waals surface area contributed by atoms with Gasteiger partial charge in [-0.2, -0.15) is 0 Å². The zero-order valence-corrected chi connectivity index (χ0v) is 17.9. The van der Waals surface area contributed by atoms with E-state index in [4.69, 9.17) is 25.6 Å². The summed E-state index contributed by atoms with van der Waals surface area (Å²) >= 11 is 1.49. The minimum atomic E-state index is -0.384. The van der Waals surface area contributed by atoms with Gasteiger partial charge in [0, 0.05) is 24.1 Å². The van der Waals surface area contributed by atoms with Gasteiger partial charge in [-0.1, -0.05) is 25.6 Å². The molecule has 0 spiro atoms. The third-order valence-electron chi connectivity index (χ3n) is 5.31. The lowest BCUT2D eigenvalue weighted by molar-refractivity contribution is -0.118. The van der Waals surface area contributed by atoms with Crippen LogP contribution in [0.4, 0.5) is 5.82 Å². The molecule has 3 heterocycles. The first-order valence-electron chi connectivity index (χ1n) is 10.1. The van der Waals surface area contributed by atoms with Crippen molar-refractivity contribution in [2.75, 3.05) is 6.79 Å². The summed E-state index contributed by atoms with van der Waals surface area (Å²) in [5.41, 5.74) is 7.57. The molecule has 8 nitrogen and oxygen atoms in total. The second-order valence-corrected chi connectivity index (χ2v) is 8.34. The van der Waals surface area contributed by atoms with Gasteiger partial charge in [0.15, 0.2) is 22.5 Å². The van der Waals surface area contributed by atoms with Crippen LogP contribution in [0.3, 0.4) is 0 Å². The van der Waals surface area contributed by atoms with Crippen molar-refractivity contribution in [2.24, 2.45) is 16.6 Å². The highest BCUT2D eigenvalue weighted by Crippen LogP contribution is 2.42. The summed E-state index contributed by atoms with van der Waals surface area (Å²) in [6, 6.07) is 3.96. The van der Waals surface area contributed by atoms with Crippen LogP contribution >= 0.6 is 11.8 Å². The maximum atomic E-state index is 11.5. The third-order valence-corrected chi connectivity index (χ3v) is 6.40. The van der Waals surface area contributed by atoms with Crippen LogP contribution in [0.5, 0.6) is 11.5 Å². The van der Waals surface area contributed by atoms with Gasteiger partial charge in [-0.15, -0.1) is 0 Å². The zero-order valence-electron chi connectivity index (χ0n) is 17.1. The Morgan fingerprint density at radius 2 is 2.10 bits per heavy atom. The first-order valence-corrected chi connectivity index (χ1v) is 10.9. The summed E-state index contributed by atoms with van der Waals surface area (Å²) < 4.78 is 12.9. The summed E-state index contributed by atoms with van der Waals surface area (Å²) in [5, 5.41) is 9.22. The van der Waals surface area contributed by atoms with E-state index in [1.165, 1.54) is 11.8 Å². The Morgan fingerprint density at radius 1 is 1.33 bits per heavy atom. The number of carbonyl (C=O) groups is 1. The highest BCUT2D eigenvalue weighted by Gasteiger charge is 2.26. The normalized spacial score (nSPS) is 17.1. The molecule has 1 aromatic heterocycles. The summed E-state index contributed by atoms with van der Waals surface area (Å²) in [6.07, 6.45) is 4.42. The standard InChI is InChI=1S/C21H25N5O3S/c1-3-12-7-14(22)19-20(24-10-12)26(6-5-18(23)27)21(25-19)30-17-9-16-15(28-11-29-16)8-13(17)4-2/h8-10,12,22H,3-7,11H2,1-2H3,(H2,23,27). The molecule has 2 aliphatic heterocycles. The van der Waals surface area contributed by atoms with Gasteiger partial charge in [0.1, 0.15) is 5.69 Å². The number of carbonyl (C=O) groups excluding carboxylic acids is 1. The Hall–Kier alpha value is -2.81. The number of aliphatic imine (C=N–C) groups is 1. The quantitative estimate of drug-likeness (QED) is 0.699. The van der Waals surface area contributed by atoms with Crippen molar-refractivity contribution < 1.29 is 14.3 Å². The van der Waals surface area contributed by atoms with Gasteiger partial charge in [0.25, 0.3) is 0 Å². The van der Waals surface area contributed by atoms with E-state index in [1.807, 2.05) is 22.9 Å². The van der Waals surface area contributed by atoms with E-state index < -0.39 is 0 Å². The van der Waals surface area contributed by atoms with Gasteiger partial charge >= 0.3 is 0 Å². The van der Waals surface area contributed by atoms with Crippen molar-refractivity contribution >= 4 is 35.4 Å². The monoisotopic (exact) mass is 427 g/mol. The predicted molar refractivity (Wildman–Crippen MR) is 115 cm³/mol. The van der Waals surface area contributed by atoms with Crippen molar-refractivity contribution in [2.45, 2.75) is 56.1 Å². The van der Waals surface area contributed by atoms with Crippen molar-refractivity contribution in [3.63, 3.8) is 0 Å². The average molecular weight is 428 g/mol. The summed E-state index contributed by atoms with van der Waals surface area (Å²) in [4.78, 5) is 21.9. The van der Waals surface area contributed by atoms with Crippen molar-refractivity contribution in [1.82, 2.24) is 9.55 Å². The Balaban J connectivity index is 1.76. The third kappa shape index (κ3) is 3.94. The van der Waals surface area contributed by atoms with Crippen LogP contribution < -0.4 is 15.2 Å². The minimum Gasteiger partial charge on any atom is -0.454 e. The van der Waals surface area contributed by atoms with Crippen LogP contribution in [0.2, 0.25) is 0 Å². The Labute approximate surface area is 179 Å². The second kappa shape index (κ2) is 8.51. The number of aromatic nitrogens is 2. The number of ether oxygens (including phenoxy) is 2. The number of amides is 1. The van der Waals surface area contributed by atoms with Crippen LogP contribution in [0, 0.1) is 11.3 Å². The molecule has 0 saturated carbocycles. The number of nitrogens with two attached hydrogens (primary N) is 1. The SMILES string of the molecule is CCc1cc2c(cc1Sc1nc3c(n1CCC(N)=O)N=CC(CC)CC3=N)OCO2. The van der Waals surface area contributed by atoms with E-state index in [-0.39, 0.29) is 25.0 Å². The molecule has 9 heteroatoms. The fraction of sp³-hybridized carbons (Fsp3) is 0.429. The molecule has 1 unspecified atom stereocenters. The number of benzene rings is 1. The average Bonchev–Trinajstić information content (AvgIpc) is 3.28. The van der Waals surface area contributed by atoms with Crippen molar-refractivity contribution in [1.29, 1.82) is 5.41 Å². The Morgan fingerprint density at radius 3 is 2.80 bits per heavy atom. The zero-order chi connectivity index (χ0) is 21.3. The van der Waals surface area contributed by atoms with E-state index in [9.17, 15) is 4.79 Å². The van der Waals surface area contributed by atoms with E-state index in [0.29, 0.717) is 41.1 Å². The van der Waals surface area contributed by atoms with E-state index in [1.54, 1.807) is 0 Å². The number of hydrogen-bond donors (Lipinski definition) is 2. The minimum absolute atomic E-state index is 0.179. The van der Waals surface area contributed by atoms with Gasteiger partial charge < -0.3 is 25.2 Å². The molecule has 0 saturated heterocycles. The molecular formula is C21H25N5O3S. The lowest BCUT2D eigenvalue weighted by Gasteiger charge is -2.11. The highest BCUT2D eigenvalue weighted by atomic mass is 32.2. The van der Waals surface area contributed by atoms with Crippen LogP contribution in [0.25, 0.3) is 0 Å². The topological polar surface area (TPSA) is 116 Å². The van der Waals surface area contributed by atoms with Crippen LogP contribution in [-0.4, -0.2) is 34.2 Å². The number of imidazole rings is 1. The Kier molecular flexibility index (Phi) is 5.80. The molecule has 3 N–H and O–H groups in total. The maximum Gasteiger partial charge on any atom is 0.231 e. The van der Waals surface area contributed by atoms with Gasteiger partial charge in [0.2, 0.25) is 12.7 Å². The largest absolute Gasteiger partial charge is 0.454 e. The first kappa shape index (κ1) is 20.5. The molecule has 30 heavy (non-hydrogen) atoms. The van der Waals surface area contributed by atoms with Crippen LogP contribution in [-0.2, 0) is 17.8 Å². The molecule has 158 valence electrons. The molecule has 1 amide bonds. The number of aryl methyl sites for hydroxylation is 1. The molecule has 1 aromatic carbocycles. The molecule has 2 aromatic rings. The predicted octanol–water partition coefficient (Wildman–Crippen LogP) is 3.70.